The summed E-state index contributed by atoms with van der Waals surface area (Å²) in [5.41, 5.74) is -0.720. The molecule has 0 aromatic heterocycles. The first-order valence-corrected chi connectivity index (χ1v) is 12.3. The molecule has 0 aliphatic heterocycles. The Hall–Kier alpha value is -1.05. The third kappa shape index (κ3) is 8.23. The molecule has 4 nitrogen and oxygen atoms in total. The summed E-state index contributed by atoms with van der Waals surface area (Å²) >= 11 is 8.38. The molecule has 7 heteroatoms. The van der Waals surface area contributed by atoms with Gasteiger partial charge in [-0.1, -0.05) is 56.9 Å². The Balaban J connectivity index is 5.90. The second-order valence-corrected chi connectivity index (χ2v) is 12.6. The Kier molecular flexibility index (Phi) is 11.7. The average molecular weight is 472 g/mol. The molecule has 0 bridgehead atoms. The molecule has 0 spiro atoms. The molecule has 0 saturated heterocycles. The third-order valence-corrected chi connectivity index (χ3v) is 8.65. The van der Waals surface area contributed by atoms with Crippen LogP contribution in [0.15, 0.2) is 36.5 Å². The van der Waals surface area contributed by atoms with Gasteiger partial charge in [-0.2, -0.15) is 0 Å². The van der Waals surface area contributed by atoms with Gasteiger partial charge in [0.1, 0.15) is 3.53 Å². The smallest absolute Gasteiger partial charge is 0.309 e. The first kappa shape index (κ1) is 28.9. The van der Waals surface area contributed by atoms with Crippen molar-refractivity contribution in [3.05, 3.63) is 36.5 Å². The maximum Gasteiger partial charge on any atom is 0.309 e. The Bertz CT molecular complexity index is 706. The molecule has 0 aliphatic carbocycles. The topological polar surface area (TPSA) is 66.4 Å². The summed E-state index contributed by atoms with van der Waals surface area (Å²) in [4.78, 5) is 25.2. The zero-order valence-electron chi connectivity index (χ0n) is 19.5. The van der Waals surface area contributed by atoms with Crippen LogP contribution in [0.25, 0.3) is 0 Å². The van der Waals surface area contributed by atoms with E-state index in [-0.39, 0.29) is 5.91 Å². The van der Waals surface area contributed by atoms with Crippen LogP contribution in [0.5, 0.6) is 0 Å². The van der Waals surface area contributed by atoms with E-state index in [4.69, 9.17) is 12.2 Å². The van der Waals surface area contributed by atoms with Crippen molar-refractivity contribution in [2.75, 3.05) is 12.8 Å². The molecule has 0 fully saturated rings. The molecule has 0 saturated carbocycles. The molecule has 0 rings (SSSR count). The molecule has 1 atom stereocenters. The number of carboxylic acids is 1. The van der Waals surface area contributed by atoms with Gasteiger partial charge in [-0.25, -0.2) is 0 Å². The number of carboxylic acid groups (broad SMARTS) is 1. The summed E-state index contributed by atoms with van der Waals surface area (Å²) in [6.07, 6.45) is 9.76. The number of rotatable bonds is 11. The van der Waals surface area contributed by atoms with E-state index in [1.807, 2.05) is 59.1 Å². The van der Waals surface area contributed by atoms with E-state index in [0.29, 0.717) is 13.0 Å². The highest BCUT2D eigenvalue weighted by molar-refractivity contribution is 8.47. The number of nitrogens with one attached hydrogen (secondary N) is 1. The normalized spacial score (nSPS) is 14.5. The fraction of sp³-hybridized carbons (Fsp3) is 0.609. The Labute approximate surface area is 196 Å². The highest BCUT2D eigenvalue weighted by Crippen LogP contribution is 2.48. The van der Waals surface area contributed by atoms with E-state index in [9.17, 15) is 14.7 Å². The molecule has 2 N–H and O–H groups in total. The molecule has 1 amide bonds. The van der Waals surface area contributed by atoms with Crippen LogP contribution in [0.3, 0.4) is 0 Å². The van der Waals surface area contributed by atoms with Gasteiger partial charge in [0.2, 0.25) is 5.91 Å². The van der Waals surface area contributed by atoms with Crippen molar-refractivity contribution in [2.45, 2.75) is 59.6 Å². The lowest BCUT2D eigenvalue weighted by atomic mass is 9.62. The van der Waals surface area contributed by atoms with Crippen molar-refractivity contribution in [1.82, 2.24) is 5.32 Å². The number of amides is 1. The van der Waals surface area contributed by atoms with Gasteiger partial charge in [-0.05, 0) is 58.3 Å². The van der Waals surface area contributed by atoms with E-state index in [1.54, 1.807) is 19.9 Å². The summed E-state index contributed by atoms with van der Waals surface area (Å²) in [6.45, 7) is 17.3. The van der Waals surface area contributed by atoms with Crippen LogP contribution >= 0.6 is 35.7 Å². The van der Waals surface area contributed by atoms with Crippen LogP contribution < -0.4 is 5.32 Å². The van der Waals surface area contributed by atoms with Gasteiger partial charge in [0, 0.05) is 11.3 Å². The summed E-state index contributed by atoms with van der Waals surface area (Å²) in [5.74, 6) is -1.42. The Morgan fingerprint density at radius 1 is 1.20 bits per heavy atom. The minimum Gasteiger partial charge on any atom is -0.481 e. The van der Waals surface area contributed by atoms with Gasteiger partial charge in [0.15, 0.2) is 0 Å². The van der Waals surface area contributed by atoms with E-state index >= 15 is 0 Å². The first-order valence-electron chi connectivity index (χ1n) is 9.88. The van der Waals surface area contributed by atoms with Crippen molar-refractivity contribution in [3.8, 4) is 0 Å². The lowest BCUT2D eigenvalue weighted by Gasteiger charge is -2.43. The minimum atomic E-state index is -0.996. The molecule has 0 aliphatic rings. The predicted octanol–water partition coefficient (Wildman–Crippen LogP) is 6.09. The van der Waals surface area contributed by atoms with Crippen LogP contribution in [-0.2, 0) is 9.59 Å². The highest BCUT2D eigenvalue weighted by atomic mass is 32.2. The second-order valence-electron chi connectivity index (χ2n) is 8.92. The zero-order valence-corrected chi connectivity index (χ0v) is 21.9. The van der Waals surface area contributed by atoms with Crippen molar-refractivity contribution in [1.29, 1.82) is 0 Å². The van der Waals surface area contributed by atoms with Crippen LogP contribution in [0.2, 0.25) is 0 Å². The van der Waals surface area contributed by atoms with Crippen LogP contribution in [0.1, 0.15) is 54.9 Å². The molecule has 30 heavy (non-hydrogen) atoms. The largest absolute Gasteiger partial charge is 0.481 e. The minimum absolute atomic E-state index is 0.112. The monoisotopic (exact) mass is 471 g/mol. The fourth-order valence-electron chi connectivity index (χ4n) is 2.77. The van der Waals surface area contributed by atoms with Crippen LogP contribution in [-0.4, -0.2) is 38.1 Å². The van der Waals surface area contributed by atoms with Crippen LogP contribution in [0, 0.1) is 16.7 Å². The standard InChI is InChI=1S/C23H37NO3S3/c1-10-12-13-16(11-2)15-24-18(25)17(23(7,8)30-20(28)29-9)14-21(3,4)22(5,6)19(26)27/h10-13,17H,2,14-15H2,1,3-9H3,(H,24,25)(H,26,27)/b12-10-,16-13+. The van der Waals surface area contributed by atoms with E-state index in [1.165, 1.54) is 23.5 Å². The van der Waals surface area contributed by atoms with Gasteiger partial charge in [0.05, 0.1) is 11.3 Å². The zero-order chi connectivity index (χ0) is 23.8. The second kappa shape index (κ2) is 12.1. The summed E-state index contributed by atoms with van der Waals surface area (Å²) in [7, 11) is 0. The first-order chi connectivity index (χ1) is 13.7. The van der Waals surface area contributed by atoms with E-state index in [2.05, 4.69) is 11.9 Å². The third-order valence-electron chi connectivity index (χ3n) is 5.84. The van der Waals surface area contributed by atoms with Crippen molar-refractivity contribution in [2.24, 2.45) is 16.7 Å². The SMILES string of the molecule is C=C/C(=C\C=C/C)CNC(=O)C(CC(C)(C)C(C)(C)C(=O)O)C(C)(C)SC(=S)SC. The molecule has 0 heterocycles. The average Bonchev–Trinajstić information content (AvgIpc) is 2.65. The number of carbonyl (C=O) groups excluding carboxylic acids is 1. The Morgan fingerprint density at radius 3 is 2.20 bits per heavy atom. The Morgan fingerprint density at radius 2 is 1.77 bits per heavy atom. The summed E-state index contributed by atoms with van der Waals surface area (Å²) in [6, 6.07) is 0. The quantitative estimate of drug-likeness (QED) is 0.281. The molecular weight excluding hydrogens is 434 g/mol. The van der Waals surface area contributed by atoms with Crippen molar-refractivity contribution < 1.29 is 14.7 Å². The summed E-state index contributed by atoms with van der Waals surface area (Å²) in [5, 5.41) is 12.8. The number of thioether (sulfide) groups is 2. The highest BCUT2D eigenvalue weighted by Gasteiger charge is 2.48. The van der Waals surface area contributed by atoms with Gasteiger partial charge in [-0.3, -0.25) is 9.59 Å². The lowest BCUT2D eigenvalue weighted by molar-refractivity contribution is -0.155. The molecule has 0 aromatic carbocycles. The van der Waals surface area contributed by atoms with Crippen LogP contribution in [0.4, 0.5) is 0 Å². The van der Waals surface area contributed by atoms with Gasteiger partial charge < -0.3 is 10.4 Å². The van der Waals surface area contributed by atoms with Crippen molar-refractivity contribution >= 4 is 51.1 Å². The van der Waals surface area contributed by atoms with Gasteiger partial charge in [0.25, 0.3) is 0 Å². The molecule has 0 aromatic rings. The van der Waals surface area contributed by atoms with E-state index in [0.717, 1.165) is 9.10 Å². The van der Waals surface area contributed by atoms with E-state index < -0.39 is 27.5 Å². The lowest BCUT2D eigenvalue weighted by Crippen LogP contribution is -2.48. The molecule has 170 valence electrons. The number of aliphatic carboxylic acids is 1. The number of hydrogen-bond donors (Lipinski definition) is 2. The maximum absolute atomic E-state index is 13.3. The van der Waals surface area contributed by atoms with Gasteiger partial charge >= 0.3 is 5.97 Å². The maximum atomic E-state index is 13.3. The number of hydrogen-bond acceptors (Lipinski definition) is 5. The van der Waals surface area contributed by atoms with Crippen molar-refractivity contribution in [3.63, 3.8) is 0 Å². The number of thiocarbonyl (C=S) groups is 1. The predicted molar refractivity (Wildman–Crippen MR) is 137 cm³/mol. The number of carbonyl (C=O) groups is 2. The number of allylic oxidation sites excluding steroid dienone is 3. The van der Waals surface area contributed by atoms with Gasteiger partial charge in [-0.15, -0.1) is 23.5 Å². The molecule has 0 radical (unpaired) electrons. The summed E-state index contributed by atoms with van der Waals surface area (Å²) < 4.78 is 0.255. The fourth-order valence-corrected chi connectivity index (χ4v) is 5.15. The molecule has 1 unspecified atom stereocenters. The molecular formula is C23H37NO3S3.